The lowest BCUT2D eigenvalue weighted by Gasteiger charge is -2.33. The van der Waals surface area contributed by atoms with E-state index in [4.69, 9.17) is 5.73 Å². The fourth-order valence-electron chi connectivity index (χ4n) is 1.79. The molecule has 1 rings (SSSR count). The smallest absolute Gasteiger partial charge is 0.243 e. The van der Waals surface area contributed by atoms with Gasteiger partial charge in [-0.3, -0.25) is 0 Å². The highest BCUT2D eigenvalue weighted by Gasteiger charge is 2.32. The van der Waals surface area contributed by atoms with Gasteiger partial charge in [0.2, 0.25) is 10.0 Å². The Labute approximate surface area is 128 Å². The zero-order valence-electron chi connectivity index (χ0n) is 13.4. The number of nitrogens with two attached hydrogens (primary N) is 1. The molecule has 0 aliphatic heterocycles. The van der Waals surface area contributed by atoms with Gasteiger partial charge in [0.1, 0.15) is 0 Å². The van der Waals surface area contributed by atoms with Crippen molar-refractivity contribution < 1.29 is 8.42 Å². The number of benzene rings is 1. The largest absolute Gasteiger partial charge is 0.320 e. The van der Waals surface area contributed by atoms with E-state index in [0.29, 0.717) is 4.90 Å². The summed E-state index contributed by atoms with van der Waals surface area (Å²) in [6.45, 7) is 7.94. The first-order valence-electron chi connectivity index (χ1n) is 6.95. The molecule has 0 radical (unpaired) electrons. The minimum absolute atomic E-state index is 0.285. The van der Waals surface area contributed by atoms with Gasteiger partial charge in [-0.25, -0.2) is 8.42 Å². The predicted molar refractivity (Wildman–Crippen MR) is 86.4 cm³/mol. The third-order valence-corrected chi connectivity index (χ3v) is 5.96. The first kappa shape index (κ1) is 17.7. The molecule has 0 saturated carbocycles. The number of hydrogen-bond acceptors (Lipinski definition) is 3. The fraction of sp³-hybridized carbons (Fsp3) is 0.500. The molecule has 1 aromatic rings. The number of aryl methyl sites for hydroxylation is 1. The highest BCUT2D eigenvalue weighted by atomic mass is 32.2. The molecule has 1 aromatic carbocycles. The zero-order valence-corrected chi connectivity index (χ0v) is 14.2. The van der Waals surface area contributed by atoms with Crippen molar-refractivity contribution in [3.05, 3.63) is 29.3 Å². The van der Waals surface area contributed by atoms with E-state index in [2.05, 4.69) is 11.8 Å². The number of hydrogen-bond donors (Lipinski definition) is 1. The Kier molecular flexibility index (Phi) is 5.57. The lowest BCUT2D eigenvalue weighted by atomic mass is 10.0. The maximum absolute atomic E-state index is 12.7. The van der Waals surface area contributed by atoms with Crippen molar-refractivity contribution in [3.8, 4) is 11.8 Å². The molecule has 5 heteroatoms. The Bertz CT molecular complexity index is 667. The topological polar surface area (TPSA) is 63.4 Å². The average Bonchev–Trinajstić information content (AvgIpc) is 2.44. The third kappa shape index (κ3) is 3.85. The molecule has 0 heterocycles. The van der Waals surface area contributed by atoms with Gasteiger partial charge in [0.15, 0.2) is 0 Å². The summed E-state index contributed by atoms with van der Waals surface area (Å²) in [5, 5.41) is 0. The molecule has 0 atom stereocenters. The van der Waals surface area contributed by atoms with E-state index < -0.39 is 15.6 Å². The molecule has 0 fully saturated rings. The minimum Gasteiger partial charge on any atom is -0.320 e. The molecule has 0 aliphatic rings. The lowest BCUT2D eigenvalue weighted by molar-refractivity contribution is 0.257. The molecular formula is C16H24N2O2S. The van der Waals surface area contributed by atoms with Crippen molar-refractivity contribution in [2.75, 3.05) is 13.6 Å². The van der Waals surface area contributed by atoms with E-state index in [0.717, 1.165) is 17.5 Å². The zero-order chi connectivity index (χ0) is 16.3. The van der Waals surface area contributed by atoms with Crippen molar-refractivity contribution in [1.29, 1.82) is 0 Å². The van der Waals surface area contributed by atoms with Crippen LogP contribution in [0.1, 0.15) is 38.3 Å². The molecular weight excluding hydrogens is 284 g/mol. The van der Waals surface area contributed by atoms with Crippen LogP contribution >= 0.6 is 0 Å². The second-order valence-corrected chi connectivity index (χ2v) is 7.59. The summed E-state index contributed by atoms with van der Waals surface area (Å²) in [6, 6.07) is 5.00. The SMILES string of the molecule is CCC(C)(C)N(C)S(=O)(=O)c1ccc(C#CCN)c(C)c1. The molecule has 0 amide bonds. The van der Waals surface area contributed by atoms with Gasteiger partial charge < -0.3 is 5.73 Å². The van der Waals surface area contributed by atoms with Crippen LogP contribution in [0.3, 0.4) is 0 Å². The molecule has 21 heavy (non-hydrogen) atoms. The second-order valence-electron chi connectivity index (χ2n) is 5.62. The monoisotopic (exact) mass is 308 g/mol. The summed E-state index contributed by atoms with van der Waals surface area (Å²) in [4.78, 5) is 0.294. The summed E-state index contributed by atoms with van der Waals surface area (Å²) >= 11 is 0. The lowest BCUT2D eigenvalue weighted by Crippen LogP contribution is -2.44. The van der Waals surface area contributed by atoms with Gasteiger partial charge in [-0.1, -0.05) is 18.8 Å². The molecule has 116 valence electrons. The molecule has 0 aliphatic carbocycles. The Morgan fingerprint density at radius 2 is 1.95 bits per heavy atom. The summed E-state index contributed by atoms with van der Waals surface area (Å²) in [7, 11) is -1.89. The van der Waals surface area contributed by atoms with Crippen LogP contribution in [-0.2, 0) is 10.0 Å². The van der Waals surface area contributed by atoms with Crippen LogP contribution in [0.5, 0.6) is 0 Å². The van der Waals surface area contributed by atoms with Crippen LogP contribution in [0.25, 0.3) is 0 Å². The first-order valence-corrected chi connectivity index (χ1v) is 8.39. The molecule has 0 unspecified atom stereocenters. The van der Waals surface area contributed by atoms with E-state index >= 15 is 0 Å². The summed E-state index contributed by atoms with van der Waals surface area (Å²) in [6.07, 6.45) is 0.738. The van der Waals surface area contributed by atoms with Crippen LogP contribution in [0.15, 0.2) is 23.1 Å². The van der Waals surface area contributed by atoms with E-state index in [-0.39, 0.29) is 6.54 Å². The molecule has 2 N–H and O–H groups in total. The van der Waals surface area contributed by atoms with Crippen LogP contribution in [0.2, 0.25) is 0 Å². The van der Waals surface area contributed by atoms with E-state index in [1.807, 2.05) is 27.7 Å². The third-order valence-electron chi connectivity index (χ3n) is 3.90. The quantitative estimate of drug-likeness (QED) is 0.867. The van der Waals surface area contributed by atoms with Gasteiger partial charge >= 0.3 is 0 Å². The van der Waals surface area contributed by atoms with Crippen molar-refractivity contribution in [3.63, 3.8) is 0 Å². The molecule has 0 aromatic heterocycles. The van der Waals surface area contributed by atoms with Gasteiger partial charge in [0.25, 0.3) is 0 Å². The Morgan fingerprint density at radius 1 is 1.33 bits per heavy atom. The Morgan fingerprint density at radius 3 is 2.43 bits per heavy atom. The average molecular weight is 308 g/mol. The summed E-state index contributed by atoms with van der Waals surface area (Å²) < 4.78 is 26.8. The van der Waals surface area contributed by atoms with Gasteiger partial charge in [-0.15, -0.1) is 0 Å². The Balaban J connectivity index is 3.25. The number of sulfonamides is 1. The highest BCUT2D eigenvalue weighted by molar-refractivity contribution is 7.89. The predicted octanol–water partition coefficient (Wildman–Crippen LogP) is 2.11. The van der Waals surface area contributed by atoms with Crippen LogP contribution in [-0.4, -0.2) is 31.9 Å². The van der Waals surface area contributed by atoms with Crippen molar-refractivity contribution in [2.24, 2.45) is 5.73 Å². The number of rotatable bonds is 4. The summed E-state index contributed by atoms with van der Waals surface area (Å²) in [5.74, 6) is 5.72. The van der Waals surface area contributed by atoms with Crippen LogP contribution in [0.4, 0.5) is 0 Å². The second kappa shape index (κ2) is 6.61. The normalized spacial score (nSPS) is 12.1. The van der Waals surface area contributed by atoms with Gasteiger partial charge in [-0.05, 0) is 51.0 Å². The first-order chi connectivity index (χ1) is 9.66. The molecule has 4 nitrogen and oxygen atoms in total. The maximum Gasteiger partial charge on any atom is 0.243 e. The van der Waals surface area contributed by atoms with E-state index in [1.165, 1.54) is 4.31 Å². The Hall–Kier alpha value is -1.35. The van der Waals surface area contributed by atoms with Gasteiger partial charge in [0.05, 0.1) is 11.4 Å². The van der Waals surface area contributed by atoms with Crippen LogP contribution < -0.4 is 5.73 Å². The highest BCUT2D eigenvalue weighted by Crippen LogP contribution is 2.26. The molecule has 0 bridgehead atoms. The van der Waals surface area contributed by atoms with E-state index in [9.17, 15) is 8.42 Å². The summed E-state index contributed by atoms with van der Waals surface area (Å²) in [5.41, 5.74) is 6.56. The van der Waals surface area contributed by atoms with Gasteiger partial charge in [-0.2, -0.15) is 4.31 Å². The van der Waals surface area contributed by atoms with Gasteiger partial charge in [0, 0.05) is 18.2 Å². The van der Waals surface area contributed by atoms with Crippen molar-refractivity contribution in [1.82, 2.24) is 4.31 Å². The van der Waals surface area contributed by atoms with Crippen LogP contribution in [0, 0.1) is 18.8 Å². The standard InChI is InChI=1S/C16H24N2O2S/c1-6-16(3,4)18(5)21(19,20)15-10-9-14(8-7-11-17)13(2)12-15/h9-10,12H,6,11,17H2,1-5H3. The molecule has 0 spiro atoms. The fourth-order valence-corrected chi connectivity index (χ4v) is 3.45. The van der Waals surface area contributed by atoms with Crippen molar-refractivity contribution >= 4 is 10.0 Å². The number of nitrogens with zero attached hydrogens (tertiary/aromatic N) is 1. The molecule has 0 saturated heterocycles. The maximum atomic E-state index is 12.7. The minimum atomic E-state index is -3.51. The van der Waals surface area contributed by atoms with E-state index in [1.54, 1.807) is 25.2 Å². The van der Waals surface area contributed by atoms with Crippen molar-refractivity contribution in [2.45, 2.75) is 44.6 Å².